The number of methoxy groups -OCH3 is 1. The minimum atomic E-state index is -0.158. The summed E-state index contributed by atoms with van der Waals surface area (Å²) in [7, 11) is 3.60. The van der Waals surface area contributed by atoms with Crippen molar-refractivity contribution in [2.45, 2.75) is 26.2 Å². The molecule has 0 aliphatic rings. The molecule has 0 atom stereocenters. The van der Waals surface area contributed by atoms with E-state index in [1.54, 1.807) is 13.2 Å². The van der Waals surface area contributed by atoms with Crippen molar-refractivity contribution in [2.24, 2.45) is 0 Å². The molecule has 4 nitrogen and oxygen atoms in total. The lowest BCUT2D eigenvalue weighted by Gasteiger charge is -2.22. The van der Waals surface area contributed by atoms with Gasteiger partial charge in [0.05, 0.1) is 7.11 Å². The number of aromatic nitrogens is 2. The standard InChI is InChI=1S/C16H20ClN3O/c1-16(2,3)15-18-13(17)10-14(19-15)20(4)11-7-6-8-12(9-11)21-5/h6-10H,1-5H3. The largest absolute Gasteiger partial charge is 0.497 e. The Kier molecular flexibility index (Phi) is 4.37. The van der Waals surface area contributed by atoms with Crippen molar-refractivity contribution < 1.29 is 4.74 Å². The predicted molar refractivity (Wildman–Crippen MR) is 86.8 cm³/mol. The Hall–Kier alpha value is -1.81. The van der Waals surface area contributed by atoms with E-state index < -0.39 is 0 Å². The van der Waals surface area contributed by atoms with Crippen molar-refractivity contribution in [1.82, 2.24) is 9.97 Å². The van der Waals surface area contributed by atoms with E-state index in [1.165, 1.54) is 0 Å². The summed E-state index contributed by atoms with van der Waals surface area (Å²) in [5.74, 6) is 2.28. The number of benzene rings is 1. The highest BCUT2D eigenvalue weighted by atomic mass is 35.5. The Bertz CT molecular complexity index is 638. The van der Waals surface area contributed by atoms with Gasteiger partial charge in [-0.25, -0.2) is 9.97 Å². The lowest BCUT2D eigenvalue weighted by molar-refractivity contribution is 0.415. The summed E-state index contributed by atoms with van der Waals surface area (Å²) < 4.78 is 5.26. The van der Waals surface area contributed by atoms with Crippen LogP contribution in [0.4, 0.5) is 11.5 Å². The number of rotatable bonds is 3. The first-order valence-electron chi connectivity index (χ1n) is 6.74. The molecule has 0 amide bonds. The van der Waals surface area contributed by atoms with Crippen molar-refractivity contribution in [3.8, 4) is 5.75 Å². The Morgan fingerprint density at radius 1 is 1.14 bits per heavy atom. The molecule has 1 aromatic carbocycles. The van der Waals surface area contributed by atoms with Gasteiger partial charge in [-0.15, -0.1) is 0 Å². The minimum Gasteiger partial charge on any atom is -0.497 e. The van der Waals surface area contributed by atoms with Crippen molar-refractivity contribution in [2.75, 3.05) is 19.1 Å². The van der Waals surface area contributed by atoms with E-state index in [0.717, 1.165) is 23.1 Å². The zero-order valence-corrected chi connectivity index (χ0v) is 13.8. The van der Waals surface area contributed by atoms with Gasteiger partial charge in [-0.2, -0.15) is 0 Å². The lowest BCUT2D eigenvalue weighted by atomic mass is 9.96. The molecule has 2 aromatic rings. The minimum absolute atomic E-state index is 0.158. The maximum Gasteiger partial charge on any atom is 0.137 e. The first-order valence-corrected chi connectivity index (χ1v) is 7.12. The fraction of sp³-hybridized carbons (Fsp3) is 0.375. The van der Waals surface area contributed by atoms with Gasteiger partial charge in [-0.3, -0.25) is 0 Å². The summed E-state index contributed by atoms with van der Waals surface area (Å²) in [6, 6.07) is 9.56. The van der Waals surface area contributed by atoms with Crippen LogP contribution >= 0.6 is 11.6 Å². The molecule has 21 heavy (non-hydrogen) atoms. The van der Waals surface area contributed by atoms with Crippen LogP contribution in [0, 0.1) is 0 Å². The summed E-state index contributed by atoms with van der Waals surface area (Å²) >= 11 is 6.14. The van der Waals surface area contributed by atoms with Crippen LogP contribution in [0.5, 0.6) is 5.75 Å². The molecule has 0 aliphatic carbocycles. The molecule has 1 aromatic heterocycles. The smallest absolute Gasteiger partial charge is 0.137 e. The SMILES string of the molecule is COc1cccc(N(C)c2cc(Cl)nc(C(C)(C)C)n2)c1. The highest BCUT2D eigenvalue weighted by Crippen LogP contribution is 2.29. The molecule has 0 N–H and O–H groups in total. The highest BCUT2D eigenvalue weighted by molar-refractivity contribution is 6.29. The van der Waals surface area contributed by atoms with Gasteiger partial charge in [0, 0.05) is 30.3 Å². The molecular formula is C16H20ClN3O. The van der Waals surface area contributed by atoms with Crippen LogP contribution < -0.4 is 9.64 Å². The molecule has 112 valence electrons. The summed E-state index contributed by atoms with van der Waals surface area (Å²) in [5, 5.41) is 0.444. The number of nitrogens with zero attached hydrogens (tertiary/aromatic N) is 3. The Labute approximate surface area is 130 Å². The molecule has 2 rings (SSSR count). The fourth-order valence-electron chi connectivity index (χ4n) is 1.86. The van der Waals surface area contributed by atoms with Crippen LogP contribution in [-0.2, 0) is 5.41 Å². The number of ether oxygens (including phenoxy) is 1. The van der Waals surface area contributed by atoms with Crippen molar-refractivity contribution in [1.29, 1.82) is 0 Å². The Morgan fingerprint density at radius 2 is 1.86 bits per heavy atom. The number of hydrogen-bond acceptors (Lipinski definition) is 4. The lowest BCUT2D eigenvalue weighted by Crippen LogP contribution is -2.19. The van der Waals surface area contributed by atoms with Crippen LogP contribution in [-0.4, -0.2) is 24.1 Å². The normalized spacial score (nSPS) is 11.3. The average Bonchev–Trinajstić information content (AvgIpc) is 2.45. The maximum atomic E-state index is 6.14. The summed E-state index contributed by atoms with van der Waals surface area (Å²) in [4.78, 5) is 10.9. The van der Waals surface area contributed by atoms with E-state index in [0.29, 0.717) is 5.15 Å². The van der Waals surface area contributed by atoms with Gasteiger partial charge in [-0.05, 0) is 12.1 Å². The first kappa shape index (κ1) is 15.6. The molecule has 0 bridgehead atoms. The quantitative estimate of drug-likeness (QED) is 0.796. The molecule has 0 radical (unpaired) electrons. The van der Waals surface area contributed by atoms with Gasteiger partial charge in [0.15, 0.2) is 0 Å². The zero-order chi connectivity index (χ0) is 15.6. The molecule has 0 spiro atoms. The summed E-state index contributed by atoms with van der Waals surface area (Å²) in [5.41, 5.74) is 0.818. The topological polar surface area (TPSA) is 38.2 Å². The molecule has 0 aliphatic heterocycles. The highest BCUT2D eigenvalue weighted by Gasteiger charge is 2.20. The molecular weight excluding hydrogens is 286 g/mol. The van der Waals surface area contributed by atoms with Gasteiger partial charge >= 0.3 is 0 Å². The van der Waals surface area contributed by atoms with Crippen LogP contribution in [0.3, 0.4) is 0 Å². The molecule has 1 heterocycles. The van der Waals surface area contributed by atoms with Crippen LogP contribution in [0.25, 0.3) is 0 Å². The van der Waals surface area contributed by atoms with Crippen molar-refractivity contribution >= 4 is 23.1 Å². The second kappa shape index (κ2) is 5.90. The van der Waals surface area contributed by atoms with Gasteiger partial charge in [-0.1, -0.05) is 38.4 Å². The van der Waals surface area contributed by atoms with Gasteiger partial charge in [0.25, 0.3) is 0 Å². The number of halogens is 1. The predicted octanol–water partition coefficient (Wildman–Crippen LogP) is 4.20. The van der Waals surface area contributed by atoms with E-state index in [9.17, 15) is 0 Å². The fourth-order valence-corrected chi connectivity index (χ4v) is 2.04. The molecule has 0 saturated carbocycles. The zero-order valence-electron chi connectivity index (χ0n) is 13.0. The second-order valence-electron chi connectivity index (χ2n) is 5.88. The first-order chi connectivity index (χ1) is 9.81. The number of hydrogen-bond donors (Lipinski definition) is 0. The van der Waals surface area contributed by atoms with E-state index in [4.69, 9.17) is 16.3 Å². The maximum absolute atomic E-state index is 6.14. The Morgan fingerprint density at radius 3 is 2.48 bits per heavy atom. The van der Waals surface area contributed by atoms with Crippen molar-refractivity contribution in [3.05, 3.63) is 41.3 Å². The van der Waals surface area contributed by atoms with Crippen LogP contribution in [0.2, 0.25) is 5.15 Å². The molecule has 5 heteroatoms. The third-order valence-corrected chi connectivity index (χ3v) is 3.33. The van der Waals surface area contributed by atoms with Gasteiger partial charge < -0.3 is 9.64 Å². The molecule has 0 saturated heterocycles. The van der Waals surface area contributed by atoms with E-state index in [1.807, 2.05) is 36.2 Å². The van der Waals surface area contributed by atoms with E-state index in [2.05, 4.69) is 30.7 Å². The van der Waals surface area contributed by atoms with Gasteiger partial charge in [0.2, 0.25) is 0 Å². The molecule has 0 unspecified atom stereocenters. The Balaban J connectivity index is 2.43. The van der Waals surface area contributed by atoms with Crippen LogP contribution in [0.1, 0.15) is 26.6 Å². The van der Waals surface area contributed by atoms with E-state index >= 15 is 0 Å². The van der Waals surface area contributed by atoms with Crippen LogP contribution in [0.15, 0.2) is 30.3 Å². The third kappa shape index (κ3) is 3.64. The second-order valence-corrected chi connectivity index (χ2v) is 6.27. The third-order valence-electron chi connectivity index (χ3n) is 3.14. The van der Waals surface area contributed by atoms with E-state index in [-0.39, 0.29) is 5.41 Å². The summed E-state index contributed by atoms with van der Waals surface area (Å²) in [6.45, 7) is 6.19. The monoisotopic (exact) mass is 305 g/mol. The summed E-state index contributed by atoms with van der Waals surface area (Å²) in [6.07, 6.45) is 0. The van der Waals surface area contributed by atoms with Gasteiger partial charge in [0.1, 0.15) is 22.5 Å². The number of anilines is 2. The molecule has 0 fully saturated rings. The van der Waals surface area contributed by atoms with Crippen molar-refractivity contribution in [3.63, 3.8) is 0 Å². The average molecular weight is 306 g/mol.